The second kappa shape index (κ2) is 10.3. The molecule has 0 N–H and O–H groups in total. The molecule has 43 heavy (non-hydrogen) atoms. The third kappa shape index (κ3) is 4.22. The topological polar surface area (TPSA) is 25.2 Å². The zero-order valence-electron chi connectivity index (χ0n) is 24.1. The van der Waals surface area contributed by atoms with E-state index in [0.29, 0.717) is 0 Å². The fourth-order valence-corrected chi connectivity index (χ4v) is 7.30. The summed E-state index contributed by atoms with van der Waals surface area (Å²) in [4.78, 5) is 10.8. The maximum absolute atomic E-state index is 5.44. The molecule has 206 valence electrons. The summed E-state index contributed by atoms with van der Waals surface area (Å²) in [6.45, 7) is 4.59. The molecule has 1 aliphatic carbocycles. The predicted octanol–water partition coefficient (Wildman–Crippen LogP) is 10.5. The van der Waals surface area contributed by atoms with E-state index in [4.69, 9.17) is 9.98 Å². The lowest BCUT2D eigenvalue weighted by molar-refractivity contribution is 0.699. The summed E-state index contributed by atoms with van der Waals surface area (Å²) in [7, 11) is 0. The molecule has 2 atom stereocenters. The highest BCUT2D eigenvalue weighted by atomic mass is 79.9. The number of rotatable bonds is 3. The van der Waals surface area contributed by atoms with Crippen molar-refractivity contribution in [2.45, 2.75) is 25.8 Å². The Hall–Kier alpha value is -4.60. The highest BCUT2D eigenvalue weighted by Gasteiger charge is 2.34. The van der Waals surface area contributed by atoms with Crippen molar-refractivity contribution in [1.29, 1.82) is 0 Å². The van der Waals surface area contributed by atoms with Crippen LogP contribution in [0.25, 0.3) is 44.1 Å². The van der Waals surface area contributed by atoms with E-state index in [2.05, 4.69) is 157 Å². The molecule has 8 rings (SSSR count). The first-order valence-corrected chi connectivity index (χ1v) is 15.6. The first kappa shape index (κ1) is 26.1. The van der Waals surface area contributed by atoms with Gasteiger partial charge < -0.3 is 0 Å². The van der Waals surface area contributed by atoms with Crippen LogP contribution in [0.5, 0.6) is 0 Å². The summed E-state index contributed by atoms with van der Waals surface area (Å²) in [5.74, 6) is 0.190. The lowest BCUT2D eigenvalue weighted by Crippen LogP contribution is -2.27. The molecule has 6 aromatic rings. The van der Waals surface area contributed by atoms with Crippen molar-refractivity contribution in [3.8, 4) is 22.4 Å². The summed E-state index contributed by atoms with van der Waals surface area (Å²) in [5.41, 5.74) is 12.9. The summed E-state index contributed by atoms with van der Waals surface area (Å²) in [6.07, 6.45) is 8.88. The molecular formula is C40H29BrN2. The summed E-state index contributed by atoms with van der Waals surface area (Å²) in [6, 6.07) is 36.7. The molecule has 0 amide bonds. The van der Waals surface area contributed by atoms with Crippen LogP contribution in [-0.2, 0) is 0 Å². The number of fused-ring (bicyclic) bond motifs is 6. The molecule has 0 bridgehead atoms. The van der Waals surface area contributed by atoms with Gasteiger partial charge in [0.1, 0.15) is 0 Å². The van der Waals surface area contributed by atoms with Crippen LogP contribution in [0.15, 0.2) is 137 Å². The number of nitrogens with zero attached hydrogens (tertiary/aromatic N) is 2. The second-order valence-electron chi connectivity index (χ2n) is 11.5. The minimum Gasteiger partial charge on any atom is -0.276 e. The molecule has 1 aromatic heterocycles. The Morgan fingerprint density at radius 2 is 1.30 bits per heavy atom. The van der Waals surface area contributed by atoms with Crippen LogP contribution >= 0.6 is 15.9 Å². The Bertz CT molecular complexity index is 2140. The highest BCUT2D eigenvalue weighted by molar-refractivity contribution is 9.10. The molecule has 0 spiro atoms. The van der Waals surface area contributed by atoms with Gasteiger partial charge in [0.15, 0.2) is 0 Å². The maximum atomic E-state index is 5.44. The average Bonchev–Trinajstić information content (AvgIpc) is 3.06. The molecule has 2 nitrogen and oxygen atoms in total. The molecule has 2 heterocycles. The van der Waals surface area contributed by atoms with Gasteiger partial charge in [-0.3, -0.25) is 4.99 Å². The van der Waals surface area contributed by atoms with Crippen LogP contribution in [-0.4, -0.2) is 16.7 Å². The first-order chi connectivity index (χ1) is 21.1. The number of pyridine rings is 1. The number of aliphatic imine (C=N–C) groups is 1. The van der Waals surface area contributed by atoms with E-state index in [-0.39, 0.29) is 12.0 Å². The number of hydrogen-bond acceptors (Lipinski definition) is 2. The average molecular weight is 618 g/mol. The summed E-state index contributed by atoms with van der Waals surface area (Å²) < 4.78 is 1.07. The predicted molar refractivity (Wildman–Crippen MR) is 184 cm³/mol. The van der Waals surface area contributed by atoms with Crippen molar-refractivity contribution in [3.05, 3.63) is 160 Å². The zero-order valence-corrected chi connectivity index (χ0v) is 25.6. The largest absolute Gasteiger partial charge is 0.276 e. The standard InChI is InChI=1S/C40H29BrN2/c1-24-35-31-15-9-10-16-33(31)42-39(27-11-5-3-6-12-27)37(35)25(2)36-32-22-19-29(26-17-20-30(41)21-18-26)23-34(32)43-40(38(24)36)28-13-7-4-8-14-28/h3-23,31,33H,1-2H3. The van der Waals surface area contributed by atoms with Gasteiger partial charge in [-0.1, -0.05) is 125 Å². The Kier molecular flexibility index (Phi) is 6.24. The smallest absolute Gasteiger partial charge is 0.0794 e. The number of aromatic nitrogens is 1. The Balaban J connectivity index is 1.50. The lowest BCUT2D eigenvalue weighted by Gasteiger charge is -2.34. The Morgan fingerprint density at radius 1 is 0.628 bits per heavy atom. The van der Waals surface area contributed by atoms with Crippen LogP contribution in [0.2, 0.25) is 0 Å². The van der Waals surface area contributed by atoms with Gasteiger partial charge in [-0.25, -0.2) is 4.98 Å². The molecule has 2 aliphatic rings. The molecule has 0 radical (unpaired) electrons. The van der Waals surface area contributed by atoms with Crippen molar-refractivity contribution in [2.75, 3.05) is 0 Å². The van der Waals surface area contributed by atoms with Gasteiger partial charge in [0, 0.05) is 37.9 Å². The van der Waals surface area contributed by atoms with Gasteiger partial charge >= 0.3 is 0 Å². The molecule has 0 saturated carbocycles. The molecule has 2 unspecified atom stereocenters. The van der Waals surface area contributed by atoms with E-state index in [1.54, 1.807) is 0 Å². The normalized spacial score (nSPS) is 17.1. The van der Waals surface area contributed by atoms with Crippen LogP contribution < -0.4 is 0 Å². The van der Waals surface area contributed by atoms with E-state index in [0.717, 1.165) is 38.1 Å². The fraction of sp³-hybridized carbons (Fsp3) is 0.100. The second-order valence-corrected chi connectivity index (χ2v) is 12.4. The van der Waals surface area contributed by atoms with Crippen LogP contribution in [0.1, 0.15) is 33.7 Å². The van der Waals surface area contributed by atoms with Gasteiger partial charge in [0.2, 0.25) is 0 Å². The van der Waals surface area contributed by atoms with E-state index in [1.165, 1.54) is 44.0 Å². The van der Waals surface area contributed by atoms with E-state index in [9.17, 15) is 0 Å². The summed E-state index contributed by atoms with van der Waals surface area (Å²) >= 11 is 3.58. The van der Waals surface area contributed by atoms with Crippen molar-refractivity contribution >= 4 is 43.3 Å². The minimum atomic E-state index is 0.0744. The van der Waals surface area contributed by atoms with Crippen molar-refractivity contribution < 1.29 is 0 Å². The van der Waals surface area contributed by atoms with Crippen molar-refractivity contribution in [3.63, 3.8) is 0 Å². The Labute approximate surface area is 260 Å². The number of benzene rings is 5. The summed E-state index contributed by atoms with van der Waals surface area (Å²) in [5, 5.41) is 3.68. The fourth-order valence-electron chi connectivity index (χ4n) is 7.03. The molecule has 1 aliphatic heterocycles. The SMILES string of the molecule is Cc1c2c(c(C)c3c1c(-c1ccccc1)nc1cc(-c4ccc(Br)cc4)ccc13)C(c1ccccc1)=NC1C=CC=CC21. The van der Waals surface area contributed by atoms with Gasteiger partial charge in [-0.15, -0.1) is 0 Å². The number of allylic oxidation sites excluding steroid dienone is 2. The molecule has 0 fully saturated rings. The van der Waals surface area contributed by atoms with Crippen molar-refractivity contribution in [1.82, 2.24) is 4.98 Å². The quantitative estimate of drug-likeness (QED) is 0.181. The maximum Gasteiger partial charge on any atom is 0.0794 e. The zero-order chi connectivity index (χ0) is 29.1. The number of hydrogen-bond donors (Lipinski definition) is 0. The van der Waals surface area contributed by atoms with Crippen molar-refractivity contribution in [2.24, 2.45) is 4.99 Å². The highest BCUT2D eigenvalue weighted by Crippen LogP contribution is 2.46. The number of halogens is 1. The minimum absolute atomic E-state index is 0.0744. The van der Waals surface area contributed by atoms with Gasteiger partial charge in [-0.05, 0) is 65.3 Å². The Morgan fingerprint density at radius 3 is 2.05 bits per heavy atom. The van der Waals surface area contributed by atoms with Crippen LogP contribution in [0, 0.1) is 13.8 Å². The van der Waals surface area contributed by atoms with Gasteiger partial charge in [-0.2, -0.15) is 0 Å². The molecular weight excluding hydrogens is 588 g/mol. The first-order valence-electron chi connectivity index (χ1n) is 14.8. The van der Waals surface area contributed by atoms with Crippen LogP contribution in [0.3, 0.4) is 0 Å². The van der Waals surface area contributed by atoms with E-state index >= 15 is 0 Å². The lowest BCUT2D eigenvalue weighted by atomic mass is 9.74. The molecule has 0 saturated heterocycles. The van der Waals surface area contributed by atoms with Gasteiger partial charge in [0.05, 0.1) is 23.0 Å². The van der Waals surface area contributed by atoms with Gasteiger partial charge in [0.25, 0.3) is 0 Å². The molecule has 3 heteroatoms. The third-order valence-corrected chi connectivity index (χ3v) is 9.54. The third-order valence-electron chi connectivity index (χ3n) is 9.01. The molecule has 5 aromatic carbocycles. The van der Waals surface area contributed by atoms with E-state index in [1.807, 2.05) is 0 Å². The van der Waals surface area contributed by atoms with E-state index < -0.39 is 0 Å². The number of aryl methyl sites for hydroxylation is 2. The van der Waals surface area contributed by atoms with Crippen LogP contribution in [0.4, 0.5) is 0 Å². The monoisotopic (exact) mass is 616 g/mol.